The highest BCUT2D eigenvalue weighted by atomic mass is 16.5. The Morgan fingerprint density at radius 1 is 0.735 bits per heavy atom. The van der Waals surface area contributed by atoms with Crippen molar-refractivity contribution < 1.29 is 4.74 Å². The number of hydrogen-bond donors (Lipinski definition) is 0. The summed E-state index contributed by atoms with van der Waals surface area (Å²) in [6, 6.07) is 21.5. The van der Waals surface area contributed by atoms with Crippen LogP contribution in [0.3, 0.4) is 0 Å². The maximum absolute atomic E-state index is 6.38. The highest BCUT2D eigenvalue weighted by Crippen LogP contribution is 2.32. The molecule has 1 heteroatoms. The van der Waals surface area contributed by atoms with Crippen LogP contribution in [0.15, 0.2) is 60.7 Å². The second-order valence-corrected chi connectivity index (χ2v) is 11.1. The van der Waals surface area contributed by atoms with Gasteiger partial charge < -0.3 is 4.74 Å². The third-order valence-corrected chi connectivity index (χ3v) is 5.61. The van der Waals surface area contributed by atoms with Crippen molar-refractivity contribution in [1.29, 1.82) is 0 Å². The summed E-state index contributed by atoms with van der Waals surface area (Å²) in [4.78, 5) is 0. The third kappa shape index (κ3) is 7.90. The summed E-state index contributed by atoms with van der Waals surface area (Å²) in [6.07, 6.45) is 5.45. The average Bonchev–Trinajstić information content (AvgIpc) is 2.75. The normalized spacial score (nSPS) is 11.8. The van der Waals surface area contributed by atoms with E-state index in [9.17, 15) is 0 Å². The fourth-order valence-electron chi connectivity index (χ4n) is 3.93. The molecule has 0 radical (unpaired) electrons. The van der Waals surface area contributed by atoms with Gasteiger partial charge in [0.2, 0.25) is 0 Å². The lowest BCUT2D eigenvalue weighted by molar-refractivity contribution is 0.410. The van der Waals surface area contributed by atoms with Gasteiger partial charge in [0.25, 0.3) is 0 Å². The average molecular weight is 457 g/mol. The van der Waals surface area contributed by atoms with E-state index in [1.165, 1.54) is 16.7 Å². The SMILES string of the molecule is CC.Cc1cccc(C)c1Oc1ccccc1/C=C/c1cc(CC(C)(C)C)cc(C(C)(C)C)c1. The first-order valence-corrected chi connectivity index (χ1v) is 12.6. The van der Waals surface area contributed by atoms with Gasteiger partial charge >= 0.3 is 0 Å². The fraction of sp³-hybridized carbons (Fsp3) is 0.394. The van der Waals surface area contributed by atoms with Crippen LogP contribution >= 0.6 is 0 Å². The largest absolute Gasteiger partial charge is 0.456 e. The van der Waals surface area contributed by atoms with Crippen LogP contribution in [0.4, 0.5) is 0 Å². The minimum atomic E-state index is 0.111. The van der Waals surface area contributed by atoms with Gasteiger partial charge in [-0.25, -0.2) is 0 Å². The second kappa shape index (κ2) is 11.6. The highest BCUT2D eigenvalue weighted by Gasteiger charge is 2.18. The molecule has 0 amide bonds. The Morgan fingerprint density at radius 2 is 1.35 bits per heavy atom. The number of ether oxygens (including phenoxy) is 1. The molecule has 0 atom stereocenters. The van der Waals surface area contributed by atoms with Gasteiger partial charge in [-0.3, -0.25) is 0 Å². The summed E-state index contributed by atoms with van der Waals surface area (Å²) >= 11 is 0. The van der Waals surface area contributed by atoms with Crippen molar-refractivity contribution in [3.8, 4) is 11.5 Å². The van der Waals surface area contributed by atoms with E-state index >= 15 is 0 Å². The van der Waals surface area contributed by atoms with E-state index in [4.69, 9.17) is 4.74 Å². The molecule has 0 saturated carbocycles. The van der Waals surface area contributed by atoms with Gasteiger partial charge in [-0.1, -0.05) is 122 Å². The number of benzene rings is 3. The monoisotopic (exact) mass is 456 g/mol. The first kappa shape index (κ1) is 27.4. The maximum Gasteiger partial charge on any atom is 0.134 e. The molecular weight excluding hydrogens is 412 g/mol. The lowest BCUT2D eigenvalue weighted by Gasteiger charge is -2.24. The number of aryl methyl sites for hydroxylation is 2. The molecule has 0 aliphatic carbocycles. The van der Waals surface area contributed by atoms with Gasteiger partial charge in [0, 0.05) is 5.56 Å². The summed E-state index contributed by atoms with van der Waals surface area (Å²) in [6.45, 7) is 21.9. The summed E-state index contributed by atoms with van der Waals surface area (Å²) in [5.74, 6) is 1.82. The van der Waals surface area contributed by atoms with E-state index in [2.05, 4.69) is 116 Å². The van der Waals surface area contributed by atoms with Crippen LogP contribution in [0.5, 0.6) is 11.5 Å². The molecule has 0 fully saturated rings. The van der Waals surface area contributed by atoms with Gasteiger partial charge in [-0.2, -0.15) is 0 Å². The van der Waals surface area contributed by atoms with E-state index < -0.39 is 0 Å². The molecule has 3 aromatic rings. The zero-order valence-electron chi connectivity index (χ0n) is 23.0. The van der Waals surface area contributed by atoms with Crippen LogP contribution in [0, 0.1) is 19.3 Å². The van der Waals surface area contributed by atoms with Crippen LogP contribution in [-0.4, -0.2) is 0 Å². The molecular formula is C33H44O. The van der Waals surface area contributed by atoms with Crippen molar-refractivity contribution in [2.45, 2.75) is 81.1 Å². The predicted molar refractivity (Wildman–Crippen MR) is 151 cm³/mol. The molecule has 0 spiro atoms. The van der Waals surface area contributed by atoms with E-state index in [1.54, 1.807) is 0 Å². The van der Waals surface area contributed by atoms with Crippen molar-refractivity contribution in [3.05, 3.63) is 94.0 Å². The molecule has 0 saturated heterocycles. The van der Waals surface area contributed by atoms with Crippen LogP contribution in [-0.2, 0) is 11.8 Å². The molecule has 1 nitrogen and oxygen atoms in total. The Kier molecular flexibility index (Phi) is 9.33. The van der Waals surface area contributed by atoms with Gasteiger partial charge in [0.15, 0.2) is 0 Å². The van der Waals surface area contributed by atoms with E-state index in [0.717, 1.165) is 34.6 Å². The molecule has 0 aliphatic rings. The van der Waals surface area contributed by atoms with Crippen molar-refractivity contribution >= 4 is 12.2 Å². The van der Waals surface area contributed by atoms with Crippen molar-refractivity contribution in [3.63, 3.8) is 0 Å². The van der Waals surface area contributed by atoms with Gasteiger partial charge in [-0.15, -0.1) is 0 Å². The third-order valence-electron chi connectivity index (χ3n) is 5.61. The number of hydrogen-bond acceptors (Lipinski definition) is 1. The topological polar surface area (TPSA) is 9.23 Å². The standard InChI is InChI=1S/C31H38O.C2H6/c1-22-12-11-13-23(2)29(22)32-28-15-10-9-14-26(28)17-16-24-18-25(21-30(3,4)5)20-27(19-24)31(6,7)8;1-2/h9-20H,21H2,1-8H3;1-2H3/b17-16+;. The smallest absolute Gasteiger partial charge is 0.134 e. The first-order valence-electron chi connectivity index (χ1n) is 12.6. The zero-order valence-corrected chi connectivity index (χ0v) is 23.0. The minimum Gasteiger partial charge on any atom is -0.456 e. The number of rotatable bonds is 5. The van der Waals surface area contributed by atoms with Crippen LogP contribution in [0.25, 0.3) is 12.2 Å². The molecule has 0 heterocycles. The van der Waals surface area contributed by atoms with Crippen molar-refractivity contribution in [2.75, 3.05) is 0 Å². The van der Waals surface area contributed by atoms with E-state index in [0.29, 0.717) is 0 Å². The Balaban J connectivity index is 0.00000199. The summed E-state index contributed by atoms with van der Waals surface area (Å²) in [5.41, 5.74) is 7.74. The van der Waals surface area contributed by atoms with Gasteiger partial charge in [0.1, 0.15) is 11.5 Å². The molecule has 3 rings (SSSR count). The lowest BCUT2D eigenvalue weighted by Crippen LogP contribution is -2.14. The maximum atomic E-state index is 6.38. The molecule has 34 heavy (non-hydrogen) atoms. The van der Waals surface area contributed by atoms with Crippen molar-refractivity contribution in [1.82, 2.24) is 0 Å². The molecule has 0 aromatic heterocycles. The Labute approximate surface area is 208 Å². The Morgan fingerprint density at radius 3 is 1.94 bits per heavy atom. The van der Waals surface area contributed by atoms with Crippen LogP contribution in [0.2, 0.25) is 0 Å². The molecule has 0 unspecified atom stereocenters. The Bertz CT molecular complexity index is 1080. The van der Waals surface area contributed by atoms with Crippen molar-refractivity contribution in [2.24, 2.45) is 5.41 Å². The summed E-state index contributed by atoms with van der Waals surface area (Å²) in [5, 5.41) is 0. The van der Waals surface area contributed by atoms with Gasteiger partial charge in [0.05, 0.1) is 0 Å². The highest BCUT2D eigenvalue weighted by molar-refractivity contribution is 5.73. The predicted octanol–water partition coefficient (Wildman–Crippen LogP) is 10.2. The van der Waals surface area contributed by atoms with E-state index in [1.807, 2.05) is 26.0 Å². The van der Waals surface area contributed by atoms with Gasteiger partial charge in [-0.05, 0) is 65.0 Å². The minimum absolute atomic E-state index is 0.111. The van der Waals surface area contributed by atoms with Crippen LogP contribution in [0.1, 0.15) is 88.8 Å². The summed E-state index contributed by atoms with van der Waals surface area (Å²) < 4.78 is 6.38. The second-order valence-electron chi connectivity index (χ2n) is 11.1. The molecule has 0 aliphatic heterocycles. The number of para-hydroxylation sites is 2. The van der Waals surface area contributed by atoms with E-state index in [-0.39, 0.29) is 10.8 Å². The first-order chi connectivity index (χ1) is 15.9. The van der Waals surface area contributed by atoms with Crippen LogP contribution < -0.4 is 4.74 Å². The molecule has 0 N–H and O–H groups in total. The summed E-state index contributed by atoms with van der Waals surface area (Å²) in [7, 11) is 0. The molecule has 182 valence electrons. The molecule has 3 aromatic carbocycles. The zero-order chi connectivity index (χ0) is 25.5. The fourth-order valence-corrected chi connectivity index (χ4v) is 3.93. The lowest BCUT2D eigenvalue weighted by atomic mass is 9.81. The molecule has 0 bridgehead atoms. The quantitative estimate of drug-likeness (QED) is 0.347. The Hall–Kier alpha value is -2.80.